The third-order valence-corrected chi connectivity index (χ3v) is 11.1. The standard InChI is InChI=1S/C32H62O4/c1-14-25-27(31(13,16-3)17-4)21(9)23(11)29(33-25)35-28-22(10)24(12)30(34-26(28)15-2)36-32(18-5,19-6)20(7)8/h20-30H,14-19H2,1-13H3. The van der Waals surface area contributed by atoms with Crippen molar-refractivity contribution in [3.05, 3.63) is 0 Å². The first-order chi connectivity index (χ1) is 16.9. The summed E-state index contributed by atoms with van der Waals surface area (Å²) in [6.07, 6.45) is 6.20. The molecule has 214 valence electrons. The van der Waals surface area contributed by atoms with E-state index >= 15 is 0 Å². The van der Waals surface area contributed by atoms with Crippen molar-refractivity contribution in [2.75, 3.05) is 0 Å². The van der Waals surface area contributed by atoms with E-state index in [0.29, 0.717) is 35.0 Å². The van der Waals surface area contributed by atoms with Crippen LogP contribution in [0.4, 0.5) is 0 Å². The molecule has 0 aliphatic carbocycles. The SMILES string of the molecule is CCC1OC(OC(CC)(CC)C(C)C)C(C)C(C)C1OC1OC(CC)C(C(C)(CC)CC)C(C)C1C. The fourth-order valence-corrected chi connectivity index (χ4v) is 7.30. The van der Waals surface area contributed by atoms with Gasteiger partial charge in [0.1, 0.15) is 0 Å². The summed E-state index contributed by atoms with van der Waals surface area (Å²) in [5.41, 5.74) is 0.155. The van der Waals surface area contributed by atoms with Crippen molar-refractivity contribution in [3.63, 3.8) is 0 Å². The molecule has 10 unspecified atom stereocenters. The van der Waals surface area contributed by atoms with Crippen LogP contribution in [0.25, 0.3) is 0 Å². The molecule has 2 aliphatic heterocycles. The summed E-state index contributed by atoms with van der Waals surface area (Å²) in [4.78, 5) is 0. The molecule has 4 heteroatoms. The highest BCUT2D eigenvalue weighted by Crippen LogP contribution is 2.50. The van der Waals surface area contributed by atoms with E-state index < -0.39 is 0 Å². The van der Waals surface area contributed by atoms with Crippen molar-refractivity contribution in [2.45, 2.75) is 165 Å². The van der Waals surface area contributed by atoms with Gasteiger partial charge in [0.05, 0.1) is 23.9 Å². The Morgan fingerprint density at radius 3 is 1.61 bits per heavy atom. The topological polar surface area (TPSA) is 36.9 Å². The van der Waals surface area contributed by atoms with Crippen molar-refractivity contribution in [3.8, 4) is 0 Å². The maximum absolute atomic E-state index is 6.94. The molecule has 0 N–H and O–H groups in total. The van der Waals surface area contributed by atoms with E-state index in [1.165, 1.54) is 12.8 Å². The van der Waals surface area contributed by atoms with Crippen molar-refractivity contribution in [2.24, 2.45) is 40.9 Å². The first kappa shape index (κ1) is 32.1. The second kappa shape index (κ2) is 13.3. The van der Waals surface area contributed by atoms with Crippen LogP contribution >= 0.6 is 0 Å². The Morgan fingerprint density at radius 2 is 1.17 bits per heavy atom. The smallest absolute Gasteiger partial charge is 0.161 e. The number of rotatable bonds is 12. The molecule has 2 rings (SSSR count). The second-order valence-electron chi connectivity index (χ2n) is 12.9. The average molecular weight is 511 g/mol. The van der Waals surface area contributed by atoms with Crippen molar-refractivity contribution in [1.29, 1.82) is 0 Å². The van der Waals surface area contributed by atoms with E-state index in [4.69, 9.17) is 18.9 Å². The molecule has 2 saturated heterocycles. The predicted octanol–water partition coefficient (Wildman–Crippen LogP) is 8.86. The van der Waals surface area contributed by atoms with Gasteiger partial charge in [0.15, 0.2) is 12.6 Å². The Hall–Kier alpha value is -0.160. The molecule has 2 aliphatic rings. The van der Waals surface area contributed by atoms with E-state index in [0.717, 1.165) is 25.7 Å². The molecule has 0 radical (unpaired) electrons. The van der Waals surface area contributed by atoms with Crippen LogP contribution < -0.4 is 0 Å². The highest BCUT2D eigenvalue weighted by Gasteiger charge is 2.51. The lowest BCUT2D eigenvalue weighted by atomic mass is 9.61. The maximum atomic E-state index is 6.94. The Kier molecular flexibility index (Phi) is 11.8. The second-order valence-corrected chi connectivity index (χ2v) is 12.9. The summed E-state index contributed by atoms with van der Waals surface area (Å²) >= 11 is 0. The first-order valence-corrected chi connectivity index (χ1v) is 15.5. The van der Waals surface area contributed by atoms with Gasteiger partial charge in [-0.05, 0) is 54.8 Å². The fraction of sp³-hybridized carbons (Fsp3) is 1.00. The molecule has 0 aromatic rings. The van der Waals surface area contributed by atoms with Gasteiger partial charge in [-0.3, -0.25) is 0 Å². The lowest BCUT2D eigenvalue weighted by Crippen LogP contribution is -2.57. The Morgan fingerprint density at radius 1 is 0.667 bits per heavy atom. The average Bonchev–Trinajstić information content (AvgIpc) is 2.88. The zero-order chi connectivity index (χ0) is 27.4. The van der Waals surface area contributed by atoms with E-state index in [1.807, 2.05) is 0 Å². The van der Waals surface area contributed by atoms with Gasteiger partial charge >= 0.3 is 0 Å². The molecule has 0 aromatic carbocycles. The van der Waals surface area contributed by atoms with Crippen LogP contribution in [0, 0.1) is 40.9 Å². The van der Waals surface area contributed by atoms with Crippen LogP contribution in [0.3, 0.4) is 0 Å². The minimum absolute atomic E-state index is 0.0130. The first-order valence-electron chi connectivity index (χ1n) is 15.5. The highest BCUT2D eigenvalue weighted by atomic mass is 16.7. The molecule has 36 heavy (non-hydrogen) atoms. The van der Waals surface area contributed by atoms with E-state index in [1.54, 1.807) is 0 Å². The normalized spacial score (nSPS) is 38.5. The monoisotopic (exact) mass is 510 g/mol. The van der Waals surface area contributed by atoms with Gasteiger partial charge in [-0.15, -0.1) is 0 Å². The fourth-order valence-electron chi connectivity index (χ4n) is 7.30. The van der Waals surface area contributed by atoms with E-state index in [9.17, 15) is 0 Å². The van der Waals surface area contributed by atoms with E-state index in [-0.39, 0.29) is 42.4 Å². The summed E-state index contributed by atoms with van der Waals surface area (Å²) < 4.78 is 27.3. The molecule has 0 bridgehead atoms. The molecule has 4 nitrogen and oxygen atoms in total. The Bertz CT molecular complexity index is 636. The van der Waals surface area contributed by atoms with Crippen LogP contribution in [0.5, 0.6) is 0 Å². The van der Waals surface area contributed by atoms with Crippen molar-refractivity contribution >= 4 is 0 Å². The lowest BCUT2D eigenvalue weighted by Gasteiger charge is -2.54. The molecule has 0 saturated carbocycles. The predicted molar refractivity (Wildman–Crippen MR) is 151 cm³/mol. The van der Waals surface area contributed by atoms with Crippen LogP contribution in [0.1, 0.15) is 129 Å². The molecule has 0 amide bonds. The Balaban J connectivity index is 2.23. The van der Waals surface area contributed by atoms with Gasteiger partial charge in [-0.1, -0.05) is 103 Å². The maximum Gasteiger partial charge on any atom is 0.161 e. The largest absolute Gasteiger partial charge is 0.349 e. The minimum Gasteiger partial charge on any atom is -0.349 e. The zero-order valence-corrected chi connectivity index (χ0v) is 26.2. The number of hydrogen-bond donors (Lipinski definition) is 0. The molecule has 2 fully saturated rings. The van der Waals surface area contributed by atoms with Gasteiger partial charge in [-0.2, -0.15) is 0 Å². The quantitative estimate of drug-likeness (QED) is 0.263. The van der Waals surface area contributed by atoms with Crippen molar-refractivity contribution < 1.29 is 18.9 Å². The molecular weight excluding hydrogens is 448 g/mol. The summed E-state index contributed by atoms with van der Waals surface area (Å²) in [5.74, 6) is 2.47. The Labute approximate surface area is 224 Å². The number of ether oxygens (including phenoxy) is 4. The van der Waals surface area contributed by atoms with Crippen LogP contribution in [0.2, 0.25) is 0 Å². The summed E-state index contributed by atoms with van der Waals surface area (Å²) in [5, 5.41) is 0. The van der Waals surface area contributed by atoms with Crippen LogP contribution in [-0.4, -0.2) is 36.5 Å². The van der Waals surface area contributed by atoms with Gasteiger partial charge in [0.25, 0.3) is 0 Å². The summed E-state index contributed by atoms with van der Waals surface area (Å²) in [6, 6.07) is 0. The molecule has 2 heterocycles. The van der Waals surface area contributed by atoms with Gasteiger partial charge in [0.2, 0.25) is 0 Å². The molecule has 0 aromatic heterocycles. The van der Waals surface area contributed by atoms with Gasteiger partial charge in [0, 0.05) is 11.8 Å². The number of hydrogen-bond acceptors (Lipinski definition) is 4. The third-order valence-electron chi connectivity index (χ3n) is 11.1. The van der Waals surface area contributed by atoms with Gasteiger partial charge in [-0.25, -0.2) is 0 Å². The van der Waals surface area contributed by atoms with Crippen LogP contribution in [0.15, 0.2) is 0 Å². The van der Waals surface area contributed by atoms with E-state index in [2.05, 4.69) is 90.0 Å². The summed E-state index contributed by atoms with van der Waals surface area (Å²) in [6.45, 7) is 30.0. The molecule has 10 atom stereocenters. The molecule has 0 spiro atoms. The van der Waals surface area contributed by atoms with Crippen molar-refractivity contribution in [1.82, 2.24) is 0 Å². The highest BCUT2D eigenvalue weighted by molar-refractivity contribution is 4.95. The van der Waals surface area contributed by atoms with Crippen LogP contribution in [-0.2, 0) is 18.9 Å². The lowest BCUT2D eigenvalue weighted by molar-refractivity contribution is -0.344. The molecular formula is C32H62O4. The summed E-state index contributed by atoms with van der Waals surface area (Å²) in [7, 11) is 0. The third kappa shape index (κ3) is 6.18. The zero-order valence-electron chi connectivity index (χ0n) is 26.2. The minimum atomic E-state index is -0.196. The van der Waals surface area contributed by atoms with Gasteiger partial charge < -0.3 is 18.9 Å².